The number of aromatic amines is 1. The summed E-state index contributed by atoms with van der Waals surface area (Å²) in [7, 11) is 0. The first-order valence-corrected chi connectivity index (χ1v) is 12.4. The number of tetrazole rings is 1. The Hall–Kier alpha value is -4.21. The zero-order valence-corrected chi connectivity index (χ0v) is 20.7. The highest BCUT2D eigenvalue weighted by Gasteiger charge is 2.50. The molecular formula is C27H28FN7O2. The van der Waals surface area contributed by atoms with Crippen molar-refractivity contribution < 1.29 is 14.0 Å². The van der Waals surface area contributed by atoms with E-state index in [1.54, 1.807) is 24.3 Å². The van der Waals surface area contributed by atoms with Crippen LogP contribution < -0.4 is 5.32 Å². The number of allylic oxidation sites excluding steroid dienone is 1. The number of aromatic nitrogens is 4. The number of amides is 2. The fraction of sp³-hybridized carbons (Fsp3) is 0.333. The summed E-state index contributed by atoms with van der Waals surface area (Å²) in [4.78, 5) is 33.4. The van der Waals surface area contributed by atoms with Gasteiger partial charge in [0.15, 0.2) is 5.82 Å². The maximum Gasteiger partial charge on any atom is 0.275 e. The van der Waals surface area contributed by atoms with Crippen molar-refractivity contribution in [2.75, 3.05) is 0 Å². The standard InChI is InChI=1S/C27H28FN7O2/c1-3-22(18-6-8-20(9-7-18)25(36)29-16-23-31-33-34-32-23)35-26(37)24(19-10-12-21(28)13-11-19)30-27(35)14-4-5-17(2)15-27/h4-13,17,22H,3,14-16H2,1-2H3,(H,29,36)(H,31,32,33,34)/t17?,22-,27?/m1/s1. The summed E-state index contributed by atoms with van der Waals surface area (Å²) < 4.78 is 13.6. The minimum absolute atomic E-state index is 0.161. The quantitative estimate of drug-likeness (QED) is 0.479. The Kier molecular flexibility index (Phi) is 6.64. The molecule has 1 aliphatic heterocycles. The number of H-pyrrole nitrogens is 1. The highest BCUT2D eigenvalue weighted by Crippen LogP contribution is 2.44. The van der Waals surface area contributed by atoms with E-state index >= 15 is 0 Å². The van der Waals surface area contributed by atoms with Crippen molar-refractivity contribution in [2.45, 2.75) is 51.4 Å². The topological polar surface area (TPSA) is 116 Å². The number of hydrogen-bond acceptors (Lipinski definition) is 6. The van der Waals surface area contributed by atoms with Crippen LogP contribution in [0.4, 0.5) is 4.39 Å². The number of carbonyl (C=O) groups excluding carboxylic acids is 2. The molecule has 0 bridgehead atoms. The summed E-state index contributed by atoms with van der Waals surface area (Å²) >= 11 is 0. The summed E-state index contributed by atoms with van der Waals surface area (Å²) in [5.74, 6) is -0.137. The number of aliphatic imine (C=N–C) groups is 1. The van der Waals surface area contributed by atoms with E-state index in [1.807, 2.05) is 24.0 Å². The third-order valence-corrected chi connectivity index (χ3v) is 6.92. The van der Waals surface area contributed by atoms with Crippen molar-refractivity contribution in [1.82, 2.24) is 30.8 Å². The summed E-state index contributed by atoms with van der Waals surface area (Å²) in [6, 6.07) is 12.9. The van der Waals surface area contributed by atoms with Gasteiger partial charge in [0.1, 0.15) is 17.2 Å². The van der Waals surface area contributed by atoms with Crippen molar-refractivity contribution in [3.63, 3.8) is 0 Å². The number of nitrogens with zero attached hydrogens (tertiary/aromatic N) is 5. The molecule has 190 valence electrons. The van der Waals surface area contributed by atoms with Gasteiger partial charge in [0, 0.05) is 17.5 Å². The van der Waals surface area contributed by atoms with Crippen molar-refractivity contribution >= 4 is 17.5 Å². The number of rotatable bonds is 7. The van der Waals surface area contributed by atoms with Gasteiger partial charge in [-0.3, -0.25) is 14.6 Å². The normalized spacial score (nSPS) is 21.8. The molecule has 0 fully saturated rings. The van der Waals surface area contributed by atoms with Gasteiger partial charge in [-0.25, -0.2) is 4.39 Å². The number of benzene rings is 2. The second-order valence-electron chi connectivity index (χ2n) is 9.50. The molecule has 1 aromatic heterocycles. The second kappa shape index (κ2) is 10.0. The Morgan fingerprint density at radius 2 is 1.97 bits per heavy atom. The van der Waals surface area contributed by atoms with Crippen LogP contribution >= 0.6 is 0 Å². The van der Waals surface area contributed by atoms with Gasteiger partial charge >= 0.3 is 0 Å². The predicted octanol–water partition coefficient (Wildman–Crippen LogP) is 3.73. The third-order valence-electron chi connectivity index (χ3n) is 6.92. The first kappa shape index (κ1) is 24.5. The molecule has 2 unspecified atom stereocenters. The molecule has 1 spiro atoms. The van der Waals surface area contributed by atoms with Crippen LogP contribution in [0.15, 0.2) is 65.7 Å². The average Bonchev–Trinajstić information content (AvgIpc) is 3.51. The van der Waals surface area contributed by atoms with E-state index in [1.165, 1.54) is 12.1 Å². The first-order valence-electron chi connectivity index (χ1n) is 12.4. The smallest absolute Gasteiger partial charge is 0.275 e. The molecule has 0 radical (unpaired) electrons. The van der Waals surface area contributed by atoms with Gasteiger partial charge in [0.2, 0.25) is 0 Å². The molecule has 10 heteroatoms. The molecular weight excluding hydrogens is 473 g/mol. The molecule has 9 nitrogen and oxygen atoms in total. The van der Waals surface area contributed by atoms with Crippen LogP contribution in [0, 0.1) is 11.7 Å². The molecule has 2 aromatic carbocycles. The van der Waals surface area contributed by atoms with E-state index in [2.05, 4.69) is 45.0 Å². The van der Waals surface area contributed by atoms with Crippen LogP contribution in [0.5, 0.6) is 0 Å². The van der Waals surface area contributed by atoms with Crippen molar-refractivity contribution in [1.29, 1.82) is 0 Å². The maximum atomic E-state index is 13.9. The van der Waals surface area contributed by atoms with Crippen LogP contribution in [0.2, 0.25) is 0 Å². The number of hydrogen-bond donors (Lipinski definition) is 2. The average molecular weight is 502 g/mol. The number of carbonyl (C=O) groups is 2. The van der Waals surface area contributed by atoms with Crippen LogP contribution in [-0.4, -0.2) is 48.7 Å². The minimum Gasteiger partial charge on any atom is -0.345 e. The molecule has 1 aliphatic carbocycles. The Labute approximate surface area is 213 Å². The first-order chi connectivity index (χ1) is 17.9. The van der Waals surface area contributed by atoms with Crippen LogP contribution in [0.25, 0.3) is 0 Å². The summed E-state index contributed by atoms with van der Waals surface area (Å²) in [5.41, 5.74) is 1.66. The highest BCUT2D eigenvalue weighted by atomic mass is 19.1. The molecule has 2 heterocycles. The molecule has 5 rings (SSSR count). The van der Waals surface area contributed by atoms with E-state index in [0.717, 1.165) is 5.56 Å². The van der Waals surface area contributed by atoms with Crippen molar-refractivity contribution in [3.05, 3.63) is 89.0 Å². The van der Waals surface area contributed by atoms with Crippen molar-refractivity contribution in [2.24, 2.45) is 10.9 Å². The monoisotopic (exact) mass is 501 g/mol. The lowest BCUT2D eigenvalue weighted by Gasteiger charge is -2.43. The van der Waals surface area contributed by atoms with E-state index in [9.17, 15) is 14.0 Å². The molecule has 0 saturated heterocycles. The van der Waals surface area contributed by atoms with Gasteiger partial charge < -0.3 is 10.2 Å². The molecule has 2 amide bonds. The fourth-order valence-electron chi connectivity index (χ4n) is 5.23. The number of nitrogens with one attached hydrogen (secondary N) is 2. The lowest BCUT2D eigenvalue weighted by atomic mass is 9.85. The third kappa shape index (κ3) is 4.78. The van der Waals surface area contributed by atoms with E-state index in [4.69, 9.17) is 4.99 Å². The Balaban J connectivity index is 1.43. The fourth-order valence-corrected chi connectivity index (χ4v) is 5.23. The lowest BCUT2D eigenvalue weighted by Crippen LogP contribution is -2.50. The summed E-state index contributed by atoms with van der Waals surface area (Å²) in [6.45, 7) is 4.32. The van der Waals surface area contributed by atoms with E-state index in [-0.39, 0.29) is 36.1 Å². The minimum atomic E-state index is -0.712. The summed E-state index contributed by atoms with van der Waals surface area (Å²) in [5, 5.41) is 16.2. The molecule has 3 aromatic rings. The molecule has 2 N–H and O–H groups in total. The van der Waals surface area contributed by atoms with Crippen LogP contribution in [0.1, 0.15) is 66.5 Å². The van der Waals surface area contributed by atoms with Gasteiger partial charge in [0.05, 0.1) is 12.6 Å². The van der Waals surface area contributed by atoms with Crippen LogP contribution in [0.3, 0.4) is 0 Å². The Morgan fingerprint density at radius 3 is 2.62 bits per heavy atom. The SMILES string of the molecule is CC[C@H](c1ccc(C(=O)NCc2nn[nH]n2)cc1)N1C(=O)C(c2ccc(F)cc2)=NC12CC=CC(C)C2. The zero-order chi connectivity index (χ0) is 26.0. The van der Waals surface area contributed by atoms with Gasteiger partial charge in [-0.1, -0.05) is 43.3 Å². The van der Waals surface area contributed by atoms with E-state index < -0.39 is 5.66 Å². The second-order valence-corrected chi connectivity index (χ2v) is 9.50. The molecule has 37 heavy (non-hydrogen) atoms. The molecule has 0 saturated carbocycles. The van der Waals surface area contributed by atoms with Crippen LogP contribution in [-0.2, 0) is 11.3 Å². The van der Waals surface area contributed by atoms with Gasteiger partial charge in [-0.15, -0.1) is 10.2 Å². The maximum absolute atomic E-state index is 13.9. The van der Waals surface area contributed by atoms with Gasteiger partial charge in [-0.2, -0.15) is 5.21 Å². The largest absolute Gasteiger partial charge is 0.345 e. The Bertz CT molecular complexity index is 1340. The lowest BCUT2D eigenvalue weighted by molar-refractivity contribution is -0.132. The van der Waals surface area contributed by atoms with Gasteiger partial charge in [-0.05, 0) is 60.7 Å². The number of halogens is 1. The summed E-state index contributed by atoms with van der Waals surface area (Å²) in [6.07, 6.45) is 6.23. The van der Waals surface area contributed by atoms with Crippen molar-refractivity contribution in [3.8, 4) is 0 Å². The van der Waals surface area contributed by atoms with Gasteiger partial charge in [0.25, 0.3) is 11.8 Å². The Morgan fingerprint density at radius 1 is 1.22 bits per heavy atom. The molecule has 2 aliphatic rings. The highest BCUT2D eigenvalue weighted by molar-refractivity contribution is 6.46. The predicted molar refractivity (Wildman–Crippen MR) is 135 cm³/mol. The van der Waals surface area contributed by atoms with E-state index in [0.29, 0.717) is 41.9 Å². The molecule has 3 atom stereocenters. The zero-order valence-electron chi connectivity index (χ0n) is 20.7.